The summed E-state index contributed by atoms with van der Waals surface area (Å²) in [4.78, 5) is 13.8. The predicted molar refractivity (Wildman–Crippen MR) is 75.3 cm³/mol. The van der Waals surface area contributed by atoms with Gasteiger partial charge in [0.15, 0.2) is 5.76 Å². The normalized spacial score (nSPS) is 23.6. The number of nitrogens with zero attached hydrogens (tertiary/aromatic N) is 2. The van der Waals surface area contributed by atoms with E-state index in [2.05, 4.69) is 0 Å². The molecule has 0 aromatic carbocycles. The average Bonchev–Trinajstić information content (AvgIpc) is 2.86. The Kier molecular flexibility index (Phi) is 4.14. The predicted octanol–water partition coefficient (Wildman–Crippen LogP) is 0.517. The first kappa shape index (κ1) is 16.0. The Labute approximate surface area is 124 Å². The number of β-amino-alcohol motifs (C(OH)–C–C–N with tert-alkyl or cyclic N) is 1. The molecule has 1 aromatic rings. The number of hydrogen-bond donors (Lipinski definition) is 1. The minimum Gasteiger partial charge on any atom is -0.438 e. The molecular weight excluding hydrogens is 296 g/mol. The van der Waals surface area contributed by atoms with Crippen LogP contribution in [-0.4, -0.2) is 61.4 Å². The fourth-order valence-electron chi connectivity index (χ4n) is 2.30. The quantitative estimate of drug-likeness (QED) is 0.877. The smallest absolute Gasteiger partial charge is 0.289 e. The van der Waals surface area contributed by atoms with Crippen molar-refractivity contribution < 1.29 is 22.7 Å². The molecule has 2 rings (SSSR count). The third kappa shape index (κ3) is 3.28. The summed E-state index contributed by atoms with van der Waals surface area (Å²) in [7, 11) is -0.916. The van der Waals surface area contributed by atoms with Crippen molar-refractivity contribution in [3.8, 4) is 0 Å². The molecule has 8 heteroatoms. The Morgan fingerprint density at radius 3 is 2.67 bits per heavy atom. The second kappa shape index (κ2) is 5.43. The van der Waals surface area contributed by atoms with Crippen LogP contribution in [0, 0.1) is 0 Å². The second-order valence-corrected chi connectivity index (χ2v) is 7.82. The van der Waals surface area contributed by atoms with Crippen LogP contribution in [0.4, 0.5) is 0 Å². The lowest BCUT2D eigenvalue weighted by molar-refractivity contribution is -0.0118. The summed E-state index contributed by atoms with van der Waals surface area (Å²) in [5.74, 6) is -0.441. The van der Waals surface area contributed by atoms with Gasteiger partial charge >= 0.3 is 0 Å². The van der Waals surface area contributed by atoms with Crippen LogP contribution in [0.3, 0.4) is 0 Å². The van der Waals surface area contributed by atoms with Crippen LogP contribution in [0.2, 0.25) is 0 Å². The maximum Gasteiger partial charge on any atom is 0.289 e. The Balaban J connectivity index is 2.20. The highest BCUT2D eigenvalue weighted by Gasteiger charge is 2.33. The highest BCUT2D eigenvalue weighted by atomic mass is 32.2. The third-order valence-corrected chi connectivity index (χ3v) is 5.18. The molecule has 7 nitrogen and oxygen atoms in total. The summed E-state index contributed by atoms with van der Waals surface area (Å²) in [6.45, 7) is 2.41. The monoisotopic (exact) mass is 316 g/mol. The number of sulfonamides is 1. The first-order valence-corrected chi connectivity index (χ1v) is 8.11. The number of hydrogen-bond acceptors (Lipinski definition) is 5. The van der Waals surface area contributed by atoms with E-state index in [4.69, 9.17) is 4.42 Å². The van der Waals surface area contributed by atoms with Gasteiger partial charge < -0.3 is 14.4 Å². The molecule has 1 saturated heterocycles. The van der Waals surface area contributed by atoms with Gasteiger partial charge in [-0.3, -0.25) is 4.79 Å². The topological polar surface area (TPSA) is 91.1 Å². The molecule has 0 aliphatic carbocycles. The van der Waals surface area contributed by atoms with E-state index in [0.717, 1.165) is 4.31 Å². The van der Waals surface area contributed by atoms with E-state index in [1.54, 1.807) is 6.92 Å². The number of likely N-dealkylation sites (tertiary alicyclic amines) is 1. The summed E-state index contributed by atoms with van der Waals surface area (Å²) < 4.78 is 30.0. The molecule has 2 heterocycles. The number of furan rings is 1. The summed E-state index contributed by atoms with van der Waals surface area (Å²) in [5, 5.41) is 9.76. The van der Waals surface area contributed by atoms with E-state index in [-0.39, 0.29) is 17.4 Å². The number of aliphatic hydroxyl groups is 1. The Bertz CT molecular complexity index is 633. The third-order valence-electron chi connectivity index (χ3n) is 3.49. The van der Waals surface area contributed by atoms with Gasteiger partial charge in [0, 0.05) is 27.2 Å². The van der Waals surface area contributed by atoms with Crippen LogP contribution in [0.15, 0.2) is 21.6 Å². The van der Waals surface area contributed by atoms with Crippen molar-refractivity contribution >= 4 is 15.9 Å². The van der Waals surface area contributed by atoms with E-state index < -0.39 is 21.5 Å². The lowest BCUT2D eigenvalue weighted by atomic mass is 9.95. The van der Waals surface area contributed by atoms with Gasteiger partial charge in [-0.15, -0.1) is 0 Å². The van der Waals surface area contributed by atoms with Gasteiger partial charge in [0.1, 0.15) is 0 Å². The van der Waals surface area contributed by atoms with Gasteiger partial charge in [-0.2, -0.15) is 0 Å². The van der Waals surface area contributed by atoms with Crippen molar-refractivity contribution in [2.24, 2.45) is 0 Å². The minimum absolute atomic E-state index is 0.0341. The van der Waals surface area contributed by atoms with Gasteiger partial charge in [0.25, 0.3) is 15.9 Å². The number of carbonyl (C=O) groups is 1. The molecule has 0 saturated carbocycles. The van der Waals surface area contributed by atoms with Crippen molar-refractivity contribution in [3.63, 3.8) is 0 Å². The molecule has 1 aliphatic rings. The van der Waals surface area contributed by atoms with Crippen LogP contribution >= 0.6 is 0 Å². The maximum atomic E-state index is 12.3. The lowest BCUT2D eigenvalue weighted by Crippen LogP contribution is -2.48. The van der Waals surface area contributed by atoms with Crippen molar-refractivity contribution in [3.05, 3.63) is 17.9 Å². The molecule has 118 valence electrons. The highest BCUT2D eigenvalue weighted by molar-refractivity contribution is 7.88. The van der Waals surface area contributed by atoms with E-state index in [1.165, 1.54) is 31.1 Å². The number of carbonyl (C=O) groups excluding carboxylic acids is 1. The highest BCUT2D eigenvalue weighted by Crippen LogP contribution is 2.23. The lowest BCUT2D eigenvalue weighted by Gasteiger charge is -2.36. The fourth-order valence-corrected chi connectivity index (χ4v) is 3.10. The molecule has 0 radical (unpaired) electrons. The van der Waals surface area contributed by atoms with Gasteiger partial charge in [-0.25, -0.2) is 12.7 Å². The van der Waals surface area contributed by atoms with Crippen LogP contribution in [0.1, 0.15) is 30.3 Å². The Morgan fingerprint density at radius 1 is 1.43 bits per heavy atom. The van der Waals surface area contributed by atoms with Gasteiger partial charge in [0.05, 0.1) is 5.60 Å². The van der Waals surface area contributed by atoms with Crippen molar-refractivity contribution in [2.45, 2.75) is 30.5 Å². The van der Waals surface area contributed by atoms with Crippen LogP contribution in [0.25, 0.3) is 0 Å². The molecule has 1 amide bonds. The summed E-state index contributed by atoms with van der Waals surface area (Å²) in [6, 6.07) is 2.62. The molecule has 0 spiro atoms. The zero-order chi connectivity index (χ0) is 15.8. The second-order valence-electron chi connectivity index (χ2n) is 5.73. The van der Waals surface area contributed by atoms with Crippen LogP contribution in [0.5, 0.6) is 0 Å². The summed E-state index contributed by atoms with van der Waals surface area (Å²) in [5.41, 5.74) is -0.918. The molecule has 0 bridgehead atoms. The Morgan fingerprint density at radius 2 is 2.10 bits per heavy atom. The standard InChI is InChI=1S/C13H20N2O5S/c1-13(17)7-4-8-15(9-13)12(16)10-5-6-11(20-10)21(18,19)14(2)3/h5-6,17H,4,7-9H2,1-3H3. The zero-order valence-corrected chi connectivity index (χ0v) is 13.2. The summed E-state index contributed by atoms with van der Waals surface area (Å²) in [6.07, 6.45) is 1.33. The first-order valence-electron chi connectivity index (χ1n) is 6.67. The zero-order valence-electron chi connectivity index (χ0n) is 12.4. The van der Waals surface area contributed by atoms with E-state index in [1.807, 2.05) is 0 Å². The number of amides is 1. The number of piperidine rings is 1. The minimum atomic E-state index is -3.70. The number of rotatable bonds is 3. The molecule has 21 heavy (non-hydrogen) atoms. The Hall–Kier alpha value is -1.38. The average molecular weight is 316 g/mol. The van der Waals surface area contributed by atoms with E-state index >= 15 is 0 Å². The SMILES string of the molecule is CN(C)S(=O)(=O)c1ccc(C(=O)N2CCCC(C)(O)C2)o1. The molecule has 1 fully saturated rings. The van der Waals surface area contributed by atoms with Gasteiger partial charge in [0.2, 0.25) is 5.09 Å². The van der Waals surface area contributed by atoms with Gasteiger partial charge in [-0.05, 0) is 31.9 Å². The van der Waals surface area contributed by atoms with Crippen LogP contribution in [-0.2, 0) is 10.0 Å². The first-order chi connectivity index (χ1) is 9.63. The van der Waals surface area contributed by atoms with Crippen LogP contribution < -0.4 is 0 Å². The largest absolute Gasteiger partial charge is 0.438 e. The molecular formula is C13H20N2O5S. The van der Waals surface area contributed by atoms with E-state index in [0.29, 0.717) is 19.4 Å². The van der Waals surface area contributed by atoms with Crippen molar-refractivity contribution in [1.82, 2.24) is 9.21 Å². The summed E-state index contributed by atoms with van der Waals surface area (Å²) >= 11 is 0. The van der Waals surface area contributed by atoms with E-state index in [9.17, 15) is 18.3 Å². The molecule has 1 unspecified atom stereocenters. The fraction of sp³-hybridized carbons (Fsp3) is 0.615. The van der Waals surface area contributed by atoms with Crippen molar-refractivity contribution in [1.29, 1.82) is 0 Å². The van der Waals surface area contributed by atoms with Crippen molar-refractivity contribution in [2.75, 3.05) is 27.2 Å². The molecule has 1 N–H and O–H groups in total. The van der Waals surface area contributed by atoms with Gasteiger partial charge in [-0.1, -0.05) is 0 Å². The molecule has 1 aromatic heterocycles. The maximum absolute atomic E-state index is 12.3. The molecule has 1 atom stereocenters. The molecule has 1 aliphatic heterocycles.